The third-order valence-corrected chi connectivity index (χ3v) is 2.10. The van der Waals surface area contributed by atoms with Gasteiger partial charge in [0.25, 0.3) is 0 Å². The van der Waals surface area contributed by atoms with Crippen LogP contribution in [0.5, 0.6) is 0 Å². The molecule has 0 aromatic carbocycles. The molecule has 6 heteroatoms. The van der Waals surface area contributed by atoms with Gasteiger partial charge in [-0.15, -0.1) is 0 Å². The summed E-state index contributed by atoms with van der Waals surface area (Å²) in [4.78, 5) is 9.87. The number of allylic oxidation sites excluding steroid dienone is 1. The average Bonchev–Trinajstić information content (AvgIpc) is 2.09. The zero-order chi connectivity index (χ0) is 11.0. The van der Waals surface area contributed by atoms with Crippen molar-refractivity contribution in [3.63, 3.8) is 0 Å². The fourth-order valence-electron chi connectivity index (χ4n) is 1.33. The van der Waals surface area contributed by atoms with Gasteiger partial charge in [0, 0.05) is 4.92 Å². The Morgan fingerprint density at radius 3 is 2.57 bits per heavy atom. The highest BCUT2D eigenvalue weighted by atomic mass is 32.1. The van der Waals surface area contributed by atoms with Crippen LogP contribution in [0.3, 0.4) is 0 Å². The molecule has 1 unspecified atom stereocenters. The molecule has 0 N–H and O–H groups in total. The van der Waals surface area contributed by atoms with E-state index in [1.54, 1.807) is 0 Å². The predicted octanol–water partition coefficient (Wildman–Crippen LogP) is 1.34. The van der Waals surface area contributed by atoms with Crippen molar-refractivity contribution in [3.05, 3.63) is 21.8 Å². The Kier molecular flexibility index (Phi) is 6.82. The molecule has 14 heavy (non-hydrogen) atoms. The van der Waals surface area contributed by atoms with E-state index in [0.717, 1.165) is 24.8 Å². The van der Waals surface area contributed by atoms with E-state index in [4.69, 9.17) is 8.42 Å². The van der Waals surface area contributed by atoms with E-state index in [0.29, 0.717) is 5.92 Å². The summed E-state index contributed by atoms with van der Waals surface area (Å²) in [6, 6.07) is 0. The van der Waals surface area contributed by atoms with Crippen molar-refractivity contribution in [2.24, 2.45) is 5.92 Å². The SMILES string of the molecule is CC1CC=C(C[N+](=O)[O-])CC1.O=S=O. The molecule has 0 saturated carbocycles. The lowest BCUT2D eigenvalue weighted by Gasteiger charge is -2.15. The van der Waals surface area contributed by atoms with Crippen LogP contribution in [0.4, 0.5) is 0 Å². The van der Waals surface area contributed by atoms with Gasteiger partial charge in [-0.25, -0.2) is 0 Å². The molecule has 1 rings (SSSR count). The van der Waals surface area contributed by atoms with Crippen LogP contribution >= 0.6 is 0 Å². The lowest BCUT2D eigenvalue weighted by Crippen LogP contribution is -2.09. The molecule has 0 aliphatic heterocycles. The van der Waals surface area contributed by atoms with Crippen molar-refractivity contribution in [1.82, 2.24) is 0 Å². The minimum Gasteiger partial charge on any atom is -0.264 e. The number of rotatable bonds is 2. The molecule has 5 nitrogen and oxygen atoms in total. The number of nitrogens with zero attached hydrogens (tertiary/aromatic N) is 1. The van der Waals surface area contributed by atoms with Gasteiger partial charge in [0.1, 0.15) is 0 Å². The fourth-order valence-corrected chi connectivity index (χ4v) is 1.33. The highest BCUT2D eigenvalue weighted by Gasteiger charge is 2.12. The molecule has 0 fully saturated rings. The zero-order valence-electron chi connectivity index (χ0n) is 7.97. The molecule has 0 aromatic heterocycles. The molecule has 0 amide bonds. The van der Waals surface area contributed by atoms with E-state index in [2.05, 4.69) is 6.92 Å². The van der Waals surface area contributed by atoms with Crippen molar-refractivity contribution in [1.29, 1.82) is 0 Å². The van der Waals surface area contributed by atoms with Crippen molar-refractivity contribution in [3.8, 4) is 0 Å². The first-order valence-corrected chi connectivity index (χ1v) is 4.98. The second kappa shape index (κ2) is 7.37. The summed E-state index contributed by atoms with van der Waals surface area (Å²) in [6.07, 6.45) is 5.07. The van der Waals surface area contributed by atoms with Gasteiger partial charge < -0.3 is 0 Å². The maximum atomic E-state index is 10.1. The third kappa shape index (κ3) is 6.47. The second-order valence-corrected chi connectivity index (χ2v) is 3.44. The van der Waals surface area contributed by atoms with E-state index < -0.39 is 11.6 Å². The highest BCUT2D eigenvalue weighted by Crippen LogP contribution is 2.22. The molecule has 1 aliphatic carbocycles. The summed E-state index contributed by atoms with van der Waals surface area (Å²) >= 11 is -0.750. The molecule has 80 valence electrons. The van der Waals surface area contributed by atoms with Crippen LogP contribution in [0.25, 0.3) is 0 Å². The summed E-state index contributed by atoms with van der Waals surface area (Å²) in [5, 5.41) is 10.1. The number of hydrogen-bond acceptors (Lipinski definition) is 4. The Morgan fingerprint density at radius 1 is 1.64 bits per heavy atom. The van der Waals surface area contributed by atoms with E-state index >= 15 is 0 Å². The first kappa shape index (κ1) is 13.0. The Morgan fingerprint density at radius 2 is 2.21 bits per heavy atom. The van der Waals surface area contributed by atoms with Crippen LogP contribution in [-0.4, -0.2) is 19.9 Å². The summed E-state index contributed by atoms with van der Waals surface area (Å²) in [5.74, 6) is 0.713. The second-order valence-electron chi connectivity index (χ2n) is 3.30. The summed E-state index contributed by atoms with van der Waals surface area (Å²) in [5.41, 5.74) is 1.01. The van der Waals surface area contributed by atoms with Crippen molar-refractivity contribution in [2.75, 3.05) is 6.54 Å². The van der Waals surface area contributed by atoms with Gasteiger partial charge in [-0.3, -0.25) is 10.1 Å². The molecule has 1 atom stereocenters. The summed E-state index contributed by atoms with van der Waals surface area (Å²) in [7, 11) is 0. The molecule has 0 spiro atoms. The molecule has 0 heterocycles. The standard InChI is InChI=1S/C8H13NO2.O2S/c1-7-2-4-8(5-3-7)6-9(10)11;1-3-2/h4,7H,2-3,5-6H2,1H3;. The van der Waals surface area contributed by atoms with Crippen LogP contribution in [0.15, 0.2) is 11.6 Å². The smallest absolute Gasteiger partial charge is 0.264 e. The third-order valence-electron chi connectivity index (χ3n) is 2.10. The van der Waals surface area contributed by atoms with Gasteiger partial charge in [0.05, 0.1) is 0 Å². The van der Waals surface area contributed by atoms with Gasteiger partial charge >= 0.3 is 11.6 Å². The molecule has 0 saturated heterocycles. The minimum atomic E-state index is -0.750. The fraction of sp³-hybridized carbons (Fsp3) is 0.750. The van der Waals surface area contributed by atoms with Gasteiger partial charge in [0.15, 0.2) is 0 Å². The summed E-state index contributed by atoms with van der Waals surface area (Å²) in [6.45, 7) is 2.23. The Labute approximate surface area is 85.9 Å². The van der Waals surface area contributed by atoms with E-state index in [-0.39, 0.29) is 11.5 Å². The Hall–Kier alpha value is -1.04. The lowest BCUT2D eigenvalue weighted by atomic mass is 9.91. The number of hydrogen-bond donors (Lipinski definition) is 0. The topological polar surface area (TPSA) is 77.3 Å². The van der Waals surface area contributed by atoms with E-state index in [9.17, 15) is 10.1 Å². The average molecular weight is 219 g/mol. The molecular weight excluding hydrogens is 206 g/mol. The summed E-state index contributed by atoms with van der Waals surface area (Å²) < 4.78 is 16.6. The van der Waals surface area contributed by atoms with Crippen molar-refractivity contribution >= 4 is 11.6 Å². The van der Waals surface area contributed by atoms with Crippen LogP contribution in [0.2, 0.25) is 0 Å². The molecule has 1 aliphatic rings. The zero-order valence-corrected chi connectivity index (χ0v) is 8.79. The molecule has 0 bridgehead atoms. The van der Waals surface area contributed by atoms with Gasteiger partial charge in [-0.05, 0) is 30.8 Å². The van der Waals surface area contributed by atoms with Crippen LogP contribution in [-0.2, 0) is 11.6 Å². The maximum Gasteiger partial charge on any atom is 0.335 e. The molecule has 0 aromatic rings. The van der Waals surface area contributed by atoms with Crippen LogP contribution in [0.1, 0.15) is 26.2 Å². The first-order chi connectivity index (χ1) is 6.60. The van der Waals surface area contributed by atoms with Crippen molar-refractivity contribution < 1.29 is 13.3 Å². The highest BCUT2D eigenvalue weighted by molar-refractivity contribution is 7.51. The minimum absolute atomic E-state index is 0.0483. The van der Waals surface area contributed by atoms with Crippen LogP contribution in [0, 0.1) is 16.0 Å². The Balaban J connectivity index is 0.000000500. The van der Waals surface area contributed by atoms with Gasteiger partial charge in [-0.2, -0.15) is 8.42 Å². The quantitative estimate of drug-likeness (QED) is 0.399. The van der Waals surface area contributed by atoms with Gasteiger partial charge in [-0.1, -0.05) is 13.0 Å². The van der Waals surface area contributed by atoms with E-state index in [1.165, 1.54) is 0 Å². The molecule has 0 radical (unpaired) electrons. The largest absolute Gasteiger partial charge is 0.335 e. The van der Waals surface area contributed by atoms with Gasteiger partial charge in [0.2, 0.25) is 6.54 Å². The normalized spacial score (nSPS) is 20.1. The first-order valence-electron chi connectivity index (χ1n) is 4.31. The molecular formula is C8H13NO4S. The van der Waals surface area contributed by atoms with Crippen LogP contribution < -0.4 is 0 Å². The van der Waals surface area contributed by atoms with E-state index in [1.807, 2.05) is 6.08 Å². The monoisotopic (exact) mass is 219 g/mol. The number of nitro groups is 1. The lowest BCUT2D eigenvalue weighted by molar-refractivity contribution is -0.471. The predicted molar refractivity (Wildman–Crippen MR) is 51.9 cm³/mol. The van der Waals surface area contributed by atoms with Crippen molar-refractivity contribution in [2.45, 2.75) is 26.2 Å². The Bertz CT molecular complexity index is 258. The maximum absolute atomic E-state index is 10.1.